The first-order valence-corrected chi connectivity index (χ1v) is 9.82. The van der Waals surface area contributed by atoms with Crippen LogP contribution in [0.1, 0.15) is 43.0 Å². The molecule has 0 spiro atoms. The Morgan fingerprint density at radius 3 is 2.44 bits per heavy atom. The monoisotopic (exact) mass is 362 g/mol. The van der Waals surface area contributed by atoms with E-state index in [0.717, 1.165) is 24.6 Å². The fraction of sp³-hybridized carbons (Fsp3) is 0.364. The third kappa shape index (κ3) is 4.67. The Balaban J connectivity index is 1.40. The number of nitrogens with one attached hydrogen (secondary N) is 1. The van der Waals surface area contributed by atoms with Gasteiger partial charge in [-0.25, -0.2) is 0 Å². The van der Waals surface area contributed by atoms with Gasteiger partial charge in [0.25, 0.3) is 0 Å². The molecule has 27 heavy (non-hydrogen) atoms. The highest BCUT2D eigenvalue weighted by molar-refractivity contribution is 5.70. The molecule has 0 saturated carbocycles. The summed E-state index contributed by atoms with van der Waals surface area (Å²) in [7, 11) is 0. The van der Waals surface area contributed by atoms with Gasteiger partial charge in [-0.2, -0.15) is 4.98 Å². The lowest BCUT2D eigenvalue weighted by atomic mass is 10.1. The molecule has 0 bridgehead atoms. The average Bonchev–Trinajstić information content (AvgIpc) is 2.98. The summed E-state index contributed by atoms with van der Waals surface area (Å²) < 4.78 is 5.43. The largest absolute Gasteiger partial charge is 0.374 e. The molecule has 0 atom stereocenters. The summed E-state index contributed by atoms with van der Waals surface area (Å²) in [4.78, 5) is 7.01. The smallest absolute Gasteiger partial charge is 0.245 e. The Morgan fingerprint density at radius 1 is 0.889 bits per heavy atom. The zero-order chi connectivity index (χ0) is 18.3. The molecule has 1 aromatic heterocycles. The van der Waals surface area contributed by atoms with Crippen molar-refractivity contribution >= 4 is 11.4 Å². The standard InChI is InChI=1S/C22H26N4O/c1-2-9-15-26(14-8-1)20-13-7-6-12-19(20)23-17-22-24-21(25-27-22)16-18-10-4-3-5-11-18/h3-7,10-13,23H,1-2,8-9,14-17H2. The van der Waals surface area contributed by atoms with Gasteiger partial charge < -0.3 is 14.7 Å². The Labute approximate surface area is 160 Å². The van der Waals surface area contributed by atoms with Crippen molar-refractivity contribution < 1.29 is 4.52 Å². The van der Waals surface area contributed by atoms with Crippen LogP contribution in [0.2, 0.25) is 0 Å². The molecular formula is C22H26N4O. The van der Waals surface area contributed by atoms with Crippen LogP contribution in [0.3, 0.4) is 0 Å². The number of para-hydroxylation sites is 2. The zero-order valence-electron chi connectivity index (χ0n) is 15.6. The predicted molar refractivity (Wildman–Crippen MR) is 108 cm³/mol. The second-order valence-electron chi connectivity index (χ2n) is 7.04. The van der Waals surface area contributed by atoms with Crippen molar-refractivity contribution in [2.75, 3.05) is 23.3 Å². The lowest BCUT2D eigenvalue weighted by molar-refractivity contribution is 0.378. The molecule has 1 aliphatic heterocycles. The summed E-state index contributed by atoms with van der Waals surface area (Å²) in [6, 6.07) is 18.7. The van der Waals surface area contributed by atoms with E-state index in [4.69, 9.17) is 4.52 Å². The van der Waals surface area contributed by atoms with Crippen LogP contribution >= 0.6 is 0 Å². The van der Waals surface area contributed by atoms with E-state index in [2.05, 4.69) is 56.8 Å². The average molecular weight is 362 g/mol. The van der Waals surface area contributed by atoms with E-state index >= 15 is 0 Å². The number of benzene rings is 2. The molecule has 1 saturated heterocycles. The van der Waals surface area contributed by atoms with Crippen LogP contribution in [-0.4, -0.2) is 23.2 Å². The van der Waals surface area contributed by atoms with E-state index in [-0.39, 0.29) is 0 Å². The van der Waals surface area contributed by atoms with Gasteiger partial charge in [0.05, 0.1) is 17.9 Å². The Bertz CT molecular complexity index is 838. The van der Waals surface area contributed by atoms with E-state index in [1.165, 1.54) is 36.9 Å². The normalized spacial score (nSPS) is 14.7. The summed E-state index contributed by atoms with van der Waals surface area (Å²) >= 11 is 0. The molecule has 2 heterocycles. The van der Waals surface area contributed by atoms with Gasteiger partial charge in [0, 0.05) is 19.5 Å². The third-order valence-electron chi connectivity index (χ3n) is 5.00. The Morgan fingerprint density at radius 2 is 1.63 bits per heavy atom. The fourth-order valence-electron chi connectivity index (χ4n) is 3.59. The van der Waals surface area contributed by atoms with E-state index in [0.29, 0.717) is 18.9 Å². The van der Waals surface area contributed by atoms with Gasteiger partial charge in [-0.15, -0.1) is 0 Å². The van der Waals surface area contributed by atoms with E-state index < -0.39 is 0 Å². The molecule has 1 N–H and O–H groups in total. The maximum Gasteiger partial charge on any atom is 0.245 e. The molecule has 0 aliphatic carbocycles. The molecule has 1 fully saturated rings. The molecule has 0 unspecified atom stereocenters. The predicted octanol–water partition coefficient (Wildman–Crippen LogP) is 4.65. The summed E-state index contributed by atoms with van der Waals surface area (Å²) in [5.74, 6) is 1.34. The van der Waals surface area contributed by atoms with Gasteiger partial charge in [0.15, 0.2) is 5.82 Å². The topological polar surface area (TPSA) is 54.2 Å². The van der Waals surface area contributed by atoms with Gasteiger partial charge >= 0.3 is 0 Å². The van der Waals surface area contributed by atoms with Crippen molar-refractivity contribution in [1.82, 2.24) is 10.1 Å². The number of aromatic nitrogens is 2. The van der Waals surface area contributed by atoms with E-state index in [9.17, 15) is 0 Å². The molecule has 3 aromatic rings. The number of nitrogens with zero attached hydrogens (tertiary/aromatic N) is 3. The number of hydrogen-bond acceptors (Lipinski definition) is 5. The van der Waals surface area contributed by atoms with Crippen LogP contribution < -0.4 is 10.2 Å². The minimum Gasteiger partial charge on any atom is -0.374 e. The minimum absolute atomic E-state index is 0.534. The van der Waals surface area contributed by atoms with Gasteiger partial charge in [-0.3, -0.25) is 0 Å². The molecular weight excluding hydrogens is 336 g/mol. The fourth-order valence-corrected chi connectivity index (χ4v) is 3.59. The van der Waals surface area contributed by atoms with Gasteiger partial charge in [-0.1, -0.05) is 60.5 Å². The number of rotatable bonds is 6. The lowest BCUT2D eigenvalue weighted by Crippen LogP contribution is -2.24. The van der Waals surface area contributed by atoms with Crippen molar-refractivity contribution in [1.29, 1.82) is 0 Å². The molecule has 4 rings (SSSR count). The third-order valence-corrected chi connectivity index (χ3v) is 5.00. The van der Waals surface area contributed by atoms with Crippen LogP contribution in [0.5, 0.6) is 0 Å². The van der Waals surface area contributed by atoms with Crippen LogP contribution in [-0.2, 0) is 13.0 Å². The minimum atomic E-state index is 0.534. The highest BCUT2D eigenvalue weighted by Gasteiger charge is 2.14. The zero-order valence-corrected chi connectivity index (χ0v) is 15.6. The SMILES string of the molecule is c1ccc(Cc2noc(CNc3ccccc3N3CCCCCC3)n2)cc1. The quantitative estimate of drug-likeness (QED) is 0.691. The van der Waals surface area contributed by atoms with Gasteiger partial charge in [0.2, 0.25) is 5.89 Å². The van der Waals surface area contributed by atoms with Crippen LogP contribution in [0.25, 0.3) is 0 Å². The van der Waals surface area contributed by atoms with Crippen LogP contribution in [0.15, 0.2) is 59.1 Å². The Hall–Kier alpha value is -2.82. The van der Waals surface area contributed by atoms with Crippen LogP contribution in [0.4, 0.5) is 11.4 Å². The van der Waals surface area contributed by atoms with Crippen molar-refractivity contribution in [3.63, 3.8) is 0 Å². The number of anilines is 2. The molecule has 5 nitrogen and oxygen atoms in total. The summed E-state index contributed by atoms with van der Waals surface area (Å²) in [6.45, 7) is 2.79. The first-order valence-electron chi connectivity index (χ1n) is 9.82. The molecule has 1 aliphatic rings. The number of hydrogen-bond donors (Lipinski definition) is 1. The first-order chi connectivity index (χ1) is 13.4. The first kappa shape index (κ1) is 17.6. The van der Waals surface area contributed by atoms with Crippen molar-refractivity contribution in [3.05, 3.63) is 71.9 Å². The maximum atomic E-state index is 5.43. The summed E-state index contributed by atoms with van der Waals surface area (Å²) in [6.07, 6.45) is 5.88. The van der Waals surface area contributed by atoms with Crippen molar-refractivity contribution in [3.8, 4) is 0 Å². The highest BCUT2D eigenvalue weighted by Crippen LogP contribution is 2.28. The Kier molecular flexibility index (Phi) is 5.67. The van der Waals surface area contributed by atoms with Crippen molar-refractivity contribution in [2.45, 2.75) is 38.6 Å². The van der Waals surface area contributed by atoms with Crippen molar-refractivity contribution in [2.24, 2.45) is 0 Å². The maximum absolute atomic E-state index is 5.43. The lowest BCUT2D eigenvalue weighted by Gasteiger charge is -2.25. The second kappa shape index (κ2) is 8.71. The van der Waals surface area contributed by atoms with Gasteiger partial charge in [0.1, 0.15) is 0 Å². The molecule has 0 amide bonds. The van der Waals surface area contributed by atoms with Gasteiger partial charge in [-0.05, 0) is 30.5 Å². The molecule has 5 heteroatoms. The molecule has 0 radical (unpaired) electrons. The summed E-state index contributed by atoms with van der Waals surface area (Å²) in [5.41, 5.74) is 3.58. The highest BCUT2D eigenvalue weighted by atomic mass is 16.5. The second-order valence-corrected chi connectivity index (χ2v) is 7.04. The van der Waals surface area contributed by atoms with Crippen LogP contribution in [0, 0.1) is 0 Å². The summed E-state index contributed by atoms with van der Waals surface area (Å²) in [5, 5.41) is 7.60. The van der Waals surface area contributed by atoms with E-state index in [1.54, 1.807) is 0 Å². The van der Waals surface area contributed by atoms with E-state index in [1.807, 2.05) is 18.2 Å². The molecule has 140 valence electrons. The molecule has 2 aromatic carbocycles.